The van der Waals surface area contributed by atoms with Crippen molar-refractivity contribution in [1.82, 2.24) is 9.62 Å². The first-order valence-electron chi connectivity index (χ1n) is 7.99. The zero-order valence-electron chi connectivity index (χ0n) is 13.6. The van der Waals surface area contributed by atoms with Gasteiger partial charge in [0.25, 0.3) is 0 Å². The van der Waals surface area contributed by atoms with Gasteiger partial charge in [-0.1, -0.05) is 6.07 Å². The third kappa shape index (κ3) is 4.44. The van der Waals surface area contributed by atoms with Gasteiger partial charge in [0.1, 0.15) is 0 Å². The molecule has 24 heavy (non-hydrogen) atoms. The normalized spacial score (nSPS) is 27.5. The summed E-state index contributed by atoms with van der Waals surface area (Å²) >= 11 is 1.59. The van der Waals surface area contributed by atoms with Gasteiger partial charge in [-0.05, 0) is 29.9 Å². The minimum Gasteiger partial charge on any atom is -0.376 e. The molecule has 1 N–H and O–H groups in total. The molecule has 2 saturated heterocycles. The smallest absolute Gasteiger partial charge is 0.246 e. The quantitative estimate of drug-likeness (QED) is 0.790. The van der Waals surface area contributed by atoms with Gasteiger partial charge in [0.2, 0.25) is 15.9 Å². The highest BCUT2D eigenvalue weighted by Gasteiger charge is 2.41. The summed E-state index contributed by atoms with van der Waals surface area (Å²) in [5.41, 5.74) is 0. The Hall–Kier alpha value is -1.22. The average molecular weight is 370 g/mol. The highest BCUT2D eigenvalue weighted by atomic mass is 32.2. The summed E-state index contributed by atoms with van der Waals surface area (Å²) in [6.45, 7) is 2.26. The summed E-state index contributed by atoms with van der Waals surface area (Å²) in [6.07, 6.45) is 5.34. The fraction of sp³-hybridized carbons (Fsp3) is 0.562. The van der Waals surface area contributed by atoms with Crippen LogP contribution < -0.4 is 4.72 Å². The Kier molecular flexibility index (Phi) is 5.39. The number of amides is 1. The van der Waals surface area contributed by atoms with E-state index in [2.05, 4.69) is 4.72 Å². The number of carbonyl (C=O) groups excluding carboxylic acids is 1. The molecule has 1 amide bonds. The van der Waals surface area contributed by atoms with E-state index in [1.54, 1.807) is 17.4 Å². The van der Waals surface area contributed by atoms with E-state index >= 15 is 0 Å². The molecule has 8 heteroatoms. The van der Waals surface area contributed by atoms with Crippen LogP contribution in [0.3, 0.4) is 0 Å². The van der Waals surface area contributed by atoms with E-state index in [1.807, 2.05) is 28.5 Å². The van der Waals surface area contributed by atoms with Crippen LogP contribution in [-0.2, 0) is 19.6 Å². The van der Waals surface area contributed by atoms with Crippen molar-refractivity contribution in [2.24, 2.45) is 11.8 Å². The summed E-state index contributed by atoms with van der Waals surface area (Å²) in [4.78, 5) is 15.3. The van der Waals surface area contributed by atoms with E-state index in [0.29, 0.717) is 19.1 Å². The van der Waals surface area contributed by atoms with E-state index in [9.17, 15) is 13.2 Å². The Bertz CT molecular complexity index is 700. The lowest BCUT2D eigenvalue weighted by molar-refractivity contribution is -0.128. The summed E-state index contributed by atoms with van der Waals surface area (Å²) < 4.78 is 30.8. The molecule has 0 radical (unpaired) electrons. The van der Waals surface area contributed by atoms with E-state index < -0.39 is 10.0 Å². The summed E-state index contributed by atoms with van der Waals surface area (Å²) in [5, 5.41) is 1.98. The average Bonchev–Trinajstić information content (AvgIpc) is 3.19. The molecule has 1 aromatic heterocycles. The molecule has 2 fully saturated rings. The van der Waals surface area contributed by atoms with Crippen LogP contribution in [0.25, 0.3) is 6.08 Å². The van der Waals surface area contributed by atoms with Gasteiger partial charge >= 0.3 is 0 Å². The number of hydrogen-bond donors (Lipinski definition) is 1. The van der Waals surface area contributed by atoms with E-state index in [4.69, 9.17) is 4.74 Å². The molecule has 0 unspecified atom stereocenters. The van der Waals surface area contributed by atoms with Crippen molar-refractivity contribution in [1.29, 1.82) is 0 Å². The maximum atomic E-state index is 12.4. The number of nitrogens with zero attached hydrogens (tertiary/aromatic N) is 1. The summed E-state index contributed by atoms with van der Waals surface area (Å²) in [5.74, 6) is 0.595. The SMILES string of the molecule is CS(=O)(=O)NC[C@H]1OC[C@@H]2CCN(C(=O)/C=C/c3cccs3)C[C@@H]21. The van der Waals surface area contributed by atoms with Crippen LogP contribution in [0.1, 0.15) is 11.3 Å². The molecule has 2 aliphatic rings. The number of ether oxygens (including phenoxy) is 1. The highest BCUT2D eigenvalue weighted by molar-refractivity contribution is 7.88. The molecule has 3 atom stereocenters. The first-order chi connectivity index (χ1) is 11.4. The molecule has 0 spiro atoms. The standard InChI is InChI=1S/C16H22N2O4S2/c1-24(20,21)17-9-15-14-10-18(7-6-12(14)11-22-15)16(19)5-4-13-3-2-8-23-13/h2-5,8,12,14-15,17H,6-7,9-11H2,1H3/b5-4+/t12-,14-,15+/m0/s1. The second kappa shape index (κ2) is 7.35. The highest BCUT2D eigenvalue weighted by Crippen LogP contribution is 2.34. The second-order valence-electron chi connectivity index (χ2n) is 6.34. The van der Waals surface area contributed by atoms with Gasteiger partial charge in [-0.2, -0.15) is 0 Å². The molecule has 132 valence electrons. The number of likely N-dealkylation sites (tertiary alicyclic amines) is 1. The second-order valence-corrected chi connectivity index (χ2v) is 9.15. The van der Waals surface area contributed by atoms with E-state index in [-0.39, 0.29) is 24.5 Å². The Morgan fingerprint density at radius 2 is 2.38 bits per heavy atom. The lowest BCUT2D eigenvalue weighted by atomic mass is 9.84. The van der Waals surface area contributed by atoms with Gasteiger partial charge in [0, 0.05) is 36.5 Å². The van der Waals surface area contributed by atoms with E-state index in [0.717, 1.165) is 24.1 Å². The summed E-state index contributed by atoms with van der Waals surface area (Å²) in [7, 11) is -3.23. The Balaban J connectivity index is 1.59. The van der Waals surface area contributed by atoms with Crippen molar-refractivity contribution in [3.8, 4) is 0 Å². The van der Waals surface area contributed by atoms with Gasteiger partial charge in [0.05, 0.1) is 19.0 Å². The number of nitrogens with one attached hydrogen (secondary N) is 1. The predicted molar refractivity (Wildman–Crippen MR) is 94.1 cm³/mol. The minimum absolute atomic E-state index is 0.00331. The molecule has 1 aromatic rings. The molecule has 3 heterocycles. The molecular formula is C16H22N2O4S2. The number of sulfonamides is 1. The van der Waals surface area contributed by atoms with Gasteiger partial charge in [-0.15, -0.1) is 11.3 Å². The van der Waals surface area contributed by atoms with Crippen molar-refractivity contribution in [2.45, 2.75) is 12.5 Å². The van der Waals surface area contributed by atoms with Crippen molar-refractivity contribution in [3.05, 3.63) is 28.5 Å². The van der Waals surface area contributed by atoms with Crippen molar-refractivity contribution in [2.75, 3.05) is 32.5 Å². The third-order valence-electron chi connectivity index (χ3n) is 4.60. The zero-order valence-corrected chi connectivity index (χ0v) is 15.2. The van der Waals surface area contributed by atoms with Crippen LogP contribution in [0.15, 0.2) is 23.6 Å². The Morgan fingerprint density at radius 1 is 1.54 bits per heavy atom. The van der Waals surface area contributed by atoms with Crippen LogP contribution in [-0.4, -0.2) is 57.8 Å². The number of carbonyl (C=O) groups is 1. The molecule has 3 rings (SSSR count). The van der Waals surface area contributed by atoms with Crippen molar-refractivity contribution >= 4 is 33.3 Å². The zero-order chi connectivity index (χ0) is 17.2. The number of fused-ring (bicyclic) bond motifs is 1. The van der Waals surface area contributed by atoms with Crippen LogP contribution in [0.2, 0.25) is 0 Å². The fourth-order valence-corrected chi connectivity index (χ4v) is 4.40. The number of rotatable bonds is 5. The first-order valence-corrected chi connectivity index (χ1v) is 10.8. The first kappa shape index (κ1) is 17.6. The van der Waals surface area contributed by atoms with Gasteiger partial charge in [-0.25, -0.2) is 13.1 Å². The number of thiophene rings is 1. The van der Waals surface area contributed by atoms with Gasteiger partial charge in [0.15, 0.2) is 0 Å². The Labute approximate surface area is 146 Å². The van der Waals surface area contributed by atoms with Gasteiger partial charge < -0.3 is 9.64 Å². The monoisotopic (exact) mass is 370 g/mol. The molecular weight excluding hydrogens is 348 g/mol. The van der Waals surface area contributed by atoms with Gasteiger partial charge in [-0.3, -0.25) is 4.79 Å². The van der Waals surface area contributed by atoms with Crippen LogP contribution in [0.4, 0.5) is 0 Å². The fourth-order valence-electron chi connectivity index (χ4n) is 3.32. The maximum Gasteiger partial charge on any atom is 0.246 e. The number of piperidine rings is 1. The molecule has 0 aliphatic carbocycles. The van der Waals surface area contributed by atoms with Crippen molar-refractivity contribution < 1.29 is 17.9 Å². The maximum absolute atomic E-state index is 12.4. The van der Waals surface area contributed by atoms with Crippen LogP contribution in [0.5, 0.6) is 0 Å². The van der Waals surface area contributed by atoms with Crippen molar-refractivity contribution in [3.63, 3.8) is 0 Å². The molecule has 2 aliphatic heterocycles. The largest absolute Gasteiger partial charge is 0.376 e. The third-order valence-corrected chi connectivity index (χ3v) is 6.13. The van der Waals surface area contributed by atoms with Crippen LogP contribution in [0, 0.1) is 11.8 Å². The Morgan fingerprint density at radius 3 is 3.08 bits per heavy atom. The topological polar surface area (TPSA) is 75.7 Å². The number of hydrogen-bond acceptors (Lipinski definition) is 5. The van der Waals surface area contributed by atoms with Crippen LogP contribution >= 0.6 is 11.3 Å². The molecule has 0 saturated carbocycles. The lowest BCUT2D eigenvalue weighted by Crippen LogP contribution is -2.46. The van der Waals surface area contributed by atoms with E-state index in [1.165, 1.54) is 0 Å². The molecule has 0 aromatic carbocycles. The molecule has 6 nitrogen and oxygen atoms in total. The molecule has 0 bridgehead atoms. The minimum atomic E-state index is -3.23. The predicted octanol–water partition coefficient (Wildman–Crippen LogP) is 1.17. The summed E-state index contributed by atoms with van der Waals surface area (Å²) in [6, 6.07) is 3.92. The lowest BCUT2D eigenvalue weighted by Gasteiger charge is -2.35.